The molecular formula is C14H15ClF3N3. The summed E-state index contributed by atoms with van der Waals surface area (Å²) in [6.07, 6.45) is -0.210. The van der Waals surface area contributed by atoms with Crippen molar-refractivity contribution in [2.75, 3.05) is 0 Å². The summed E-state index contributed by atoms with van der Waals surface area (Å²) in [6.45, 7) is 0. The standard InChI is InChI=1S/C14H15ClF3N3/c15-9-5-3-4-8(14(16,17)18)12(9)21-13-19-10-6-1-2-7-11(10)20-13/h3-5,10-11H,1-2,6-7H2,(H2,19,20,21)/t10-,11-/m1/s1. The van der Waals surface area contributed by atoms with E-state index in [2.05, 4.69) is 15.6 Å². The van der Waals surface area contributed by atoms with Crippen LogP contribution in [0.5, 0.6) is 0 Å². The maximum atomic E-state index is 13.0. The predicted octanol–water partition coefficient (Wildman–Crippen LogP) is 3.85. The van der Waals surface area contributed by atoms with Gasteiger partial charge in [0.15, 0.2) is 5.96 Å². The van der Waals surface area contributed by atoms with Crippen LogP contribution in [-0.4, -0.2) is 18.0 Å². The van der Waals surface area contributed by atoms with Gasteiger partial charge in [-0.15, -0.1) is 0 Å². The normalized spacial score (nSPS) is 25.0. The minimum atomic E-state index is -4.48. The molecule has 2 N–H and O–H groups in total. The molecule has 0 spiro atoms. The number of halogens is 4. The Balaban J connectivity index is 1.93. The summed E-state index contributed by atoms with van der Waals surface area (Å²) < 4.78 is 39.1. The van der Waals surface area contributed by atoms with Crippen LogP contribution in [0.3, 0.4) is 0 Å². The van der Waals surface area contributed by atoms with Gasteiger partial charge in [0.05, 0.1) is 16.3 Å². The van der Waals surface area contributed by atoms with Gasteiger partial charge < -0.3 is 10.6 Å². The maximum absolute atomic E-state index is 13.0. The van der Waals surface area contributed by atoms with E-state index in [1.54, 1.807) is 0 Å². The van der Waals surface area contributed by atoms with Crippen LogP contribution in [0, 0.1) is 0 Å². The molecule has 1 saturated heterocycles. The number of hydrogen-bond acceptors (Lipinski definition) is 1. The fraction of sp³-hybridized carbons (Fsp3) is 0.500. The fourth-order valence-corrected chi connectivity index (χ4v) is 3.12. The second kappa shape index (κ2) is 5.40. The second-order valence-electron chi connectivity index (χ2n) is 5.38. The molecule has 0 aromatic heterocycles. The summed E-state index contributed by atoms with van der Waals surface area (Å²) in [6, 6.07) is 4.18. The van der Waals surface area contributed by atoms with Crippen LogP contribution in [0.25, 0.3) is 0 Å². The zero-order valence-corrected chi connectivity index (χ0v) is 11.9. The van der Waals surface area contributed by atoms with E-state index in [1.165, 1.54) is 12.1 Å². The number of para-hydroxylation sites is 1. The molecule has 0 radical (unpaired) electrons. The SMILES string of the molecule is FC(F)(F)c1cccc(Cl)c1N=C1N[C@@H]2CCCC[C@H]2N1. The highest BCUT2D eigenvalue weighted by Crippen LogP contribution is 2.40. The first-order valence-electron chi connectivity index (χ1n) is 6.92. The van der Waals surface area contributed by atoms with Gasteiger partial charge in [-0.2, -0.15) is 13.2 Å². The maximum Gasteiger partial charge on any atom is 0.418 e. The average molecular weight is 318 g/mol. The molecule has 1 aromatic rings. The minimum absolute atomic E-state index is 0.00389. The first kappa shape index (κ1) is 14.5. The van der Waals surface area contributed by atoms with Crippen LogP contribution >= 0.6 is 11.6 Å². The monoisotopic (exact) mass is 317 g/mol. The molecule has 21 heavy (non-hydrogen) atoms. The molecule has 114 valence electrons. The van der Waals surface area contributed by atoms with E-state index in [0.717, 1.165) is 31.7 Å². The minimum Gasteiger partial charge on any atom is -0.351 e. The Kier molecular flexibility index (Phi) is 3.73. The van der Waals surface area contributed by atoms with Crippen molar-refractivity contribution < 1.29 is 13.2 Å². The van der Waals surface area contributed by atoms with Crippen molar-refractivity contribution in [1.29, 1.82) is 0 Å². The van der Waals surface area contributed by atoms with Crippen molar-refractivity contribution in [2.45, 2.75) is 43.9 Å². The largest absolute Gasteiger partial charge is 0.418 e. The third kappa shape index (κ3) is 2.95. The number of aliphatic imine (C=N–C) groups is 1. The van der Waals surface area contributed by atoms with Crippen LogP contribution < -0.4 is 10.6 Å². The molecule has 0 amide bonds. The van der Waals surface area contributed by atoms with E-state index in [-0.39, 0.29) is 22.8 Å². The number of alkyl halides is 3. The highest BCUT2D eigenvalue weighted by atomic mass is 35.5. The van der Waals surface area contributed by atoms with Gasteiger partial charge in [-0.1, -0.05) is 30.5 Å². The molecule has 0 unspecified atom stereocenters. The van der Waals surface area contributed by atoms with Crippen molar-refractivity contribution >= 4 is 23.2 Å². The fourth-order valence-electron chi connectivity index (χ4n) is 2.90. The Labute approximate surface area is 125 Å². The summed E-state index contributed by atoms with van der Waals surface area (Å²) in [5, 5.41) is 6.32. The van der Waals surface area contributed by atoms with E-state index in [1.807, 2.05) is 0 Å². The lowest BCUT2D eigenvalue weighted by Crippen LogP contribution is -2.36. The lowest BCUT2D eigenvalue weighted by Gasteiger charge is -2.23. The van der Waals surface area contributed by atoms with Gasteiger partial charge in [-0.3, -0.25) is 0 Å². The van der Waals surface area contributed by atoms with Gasteiger partial charge in [-0.25, -0.2) is 4.99 Å². The van der Waals surface area contributed by atoms with E-state index in [9.17, 15) is 13.2 Å². The van der Waals surface area contributed by atoms with Gasteiger partial charge in [0.1, 0.15) is 0 Å². The number of fused-ring (bicyclic) bond motifs is 1. The summed E-state index contributed by atoms with van der Waals surface area (Å²) in [5.74, 6) is 0.380. The molecule has 7 heteroatoms. The highest BCUT2D eigenvalue weighted by molar-refractivity contribution is 6.33. The number of guanidine groups is 1. The highest BCUT2D eigenvalue weighted by Gasteiger charge is 2.36. The number of rotatable bonds is 1. The first-order valence-corrected chi connectivity index (χ1v) is 7.30. The molecule has 1 saturated carbocycles. The second-order valence-corrected chi connectivity index (χ2v) is 5.79. The molecule has 1 aromatic carbocycles. The number of nitrogens with zero attached hydrogens (tertiary/aromatic N) is 1. The lowest BCUT2D eigenvalue weighted by atomic mass is 9.92. The van der Waals surface area contributed by atoms with Crippen molar-refractivity contribution in [3.8, 4) is 0 Å². The summed E-state index contributed by atoms with van der Waals surface area (Å²) in [5.41, 5.74) is -1.05. The topological polar surface area (TPSA) is 36.4 Å². The van der Waals surface area contributed by atoms with Crippen LogP contribution in [0.2, 0.25) is 5.02 Å². The van der Waals surface area contributed by atoms with Gasteiger partial charge in [0.25, 0.3) is 0 Å². The third-order valence-electron chi connectivity index (χ3n) is 3.93. The molecule has 0 bridgehead atoms. The van der Waals surface area contributed by atoms with Crippen LogP contribution in [-0.2, 0) is 6.18 Å². The summed E-state index contributed by atoms with van der Waals surface area (Å²) >= 11 is 5.90. The Morgan fingerprint density at radius 2 is 1.71 bits per heavy atom. The molecule has 2 atom stereocenters. The van der Waals surface area contributed by atoms with Crippen LogP contribution in [0.1, 0.15) is 31.2 Å². The smallest absolute Gasteiger partial charge is 0.351 e. The Morgan fingerprint density at radius 3 is 2.29 bits per heavy atom. The van der Waals surface area contributed by atoms with Crippen molar-refractivity contribution in [3.05, 3.63) is 28.8 Å². The Morgan fingerprint density at radius 1 is 1.10 bits per heavy atom. The van der Waals surface area contributed by atoms with Gasteiger partial charge in [0, 0.05) is 12.1 Å². The average Bonchev–Trinajstić information content (AvgIpc) is 2.82. The van der Waals surface area contributed by atoms with E-state index >= 15 is 0 Å². The zero-order chi connectivity index (χ0) is 15.0. The molecule has 3 nitrogen and oxygen atoms in total. The third-order valence-corrected chi connectivity index (χ3v) is 4.23. The molecule has 1 heterocycles. The van der Waals surface area contributed by atoms with Crippen molar-refractivity contribution in [3.63, 3.8) is 0 Å². The molecule has 2 fully saturated rings. The molecule has 2 aliphatic rings. The Hall–Kier alpha value is -1.43. The van der Waals surface area contributed by atoms with E-state index < -0.39 is 11.7 Å². The number of nitrogens with one attached hydrogen (secondary N) is 2. The van der Waals surface area contributed by atoms with Crippen molar-refractivity contribution in [1.82, 2.24) is 10.6 Å². The Bertz CT molecular complexity index is 555. The lowest BCUT2D eigenvalue weighted by molar-refractivity contribution is -0.137. The zero-order valence-electron chi connectivity index (χ0n) is 11.2. The molecule has 3 rings (SSSR count). The summed E-state index contributed by atoms with van der Waals surface area (Å²) in [4.78, 5) is 4.09. The first-order chi connectivity index (χ1) is 9.95. The summed E-state index contributed by atoms with van der Waals surface area (Å²) in [7, 11) is 0. The molecular weight excluding hydrogens is 303 g/mol. The van der Waals surface area contributed by atoms with E-state index in [4.69, 9.17) is 11.6 Å². The van der Waals surface area contributed by atoms with Gasteiger partial charge in [-0.05, 0) is 25.0 Å². The van der Waals surface area contributed by atoms with Crippen LogP contribution in [0.4, 0.5) is 18.9 Å². The van der Waals surface area contributed by atoms with Gasteiger partial charge >= 0.3 is 6.18 Å². The van der Waals surface area contributed by atoms with E-state index in [0.29, 0.717) is 5.96 Å². The van der Waals surface area contributed by atoms with Crippen molar-refractivity contribution in [2.24, 2.45) is 4.99 Å². The van der Waals surface area contributed by atoms with Crippen LogP contribution in [0.15, 0.2) is 23.2 Å². The molecule has 1 aliphatic heterocycles. The number of hydrogen-bond donors (Lipinski definition) is 2. The molecule has 1 aliphatic carbocycles. The number of benzene rings is 1. The quantitative estimate of drug-likeness (QED) is 0.825. The predicted molar refractivity (Wildman–Crippen MR) is 75.9 cm³/mol. The van der Waals surface area contributed by atoms with Gasteiger partial charge in [0.2, 0.25) is 0 Å².